The maximum atomic E-state index is 12.8. The second-order valence-electron chi connectivity index (χ2n) is 8.70. The van der Waals surface area contributed by atoms with E-state index in [1.54, 1.807) is 11.9 Å². The van der Waals surface area contributed by atoms with Crippen molar-refractivity contribution in [3.63, 3.8) is 0 Å². The van der Waals surface area contributed by atoms with Crippen molar-refractivity contribution in [2.75, 3.05) is 20.1 Å². The average Bonchev–Trinajstić information content (AvgIpc) is 3.30. The van der Waals surface area contributed by atoms with Crippen molar-refractivity contribution in [2.45, 2.75) is 64.1 Å². The number of aryl methyl sites for hydroxylation is 1. The predicted molar refractivity (Wildman–Crippen MR) is 103 cm³/mol. The lowest BCUT2D eigenvalue weighted by Crippen LogP contribution is -2.48. The van der Waals surface area contributed by atoms with Crippen LogP contribution in [0.5, 0.6) is 0 Å². The molecule has 3 rings (SSSR count). The second kappa shape index (κ2) is 7.39. The molecule has 26 heavy (non-hydrogen) atoms. The third-order valence-corrected chi connectivity index (χ3v) is 5.16. The minimum Gasteiger partial charge on any atom is -0.350 e. The molecule has 0 spiro atoms. The molecule has 0 radical (unpaired) electrons. The molecule has 1 N–H and O–H groups in total. The molecule has 1 saturated carbocycles. The number of hydrogen-bond acceptors (Lipinski definition) is 3. The Bertz CT molecular complexity index is 676. The summed E-state index contributed by atoms with van der Waals surface area (Å²) >= 11 is 0. The van der Waals surface area contributed by atoms with Gasteiger partial charge < -0.3 is 10.2 Å². The van der Waals surface area contributed by atoms with E-state index in [-0.39, 0.29) is 23.9 Å². The Balaban J connectivity index is 1.62. The summed E-state index contributed by atoms with van der Waals surface area (Å²) in [5.41, 5.74) is 2.50. The average molecular weight is 357 g/mol. The highest BCUT2D eigenvalue weighted by Gasteiger charge is 2.38. The lowest BCUT2D eigenvalue weighted by molar-refractivity contribution is -0.136. The van der Waals surface area contributed by atoms with Crippen LogP contribution in [0.15, 0.2) is 24.3 Å². The van der Waals surface area contributed by atoms with Gasteiger partial charge in [0.2, 0.25) is 11.8 Å². The van der Waals surface area contributed by atoms with E-state index in [0.717, 1.165) is 12.8 Å². The molecule has 0 unspecified atom stereocenters. The summed E-state index contributed by atoms with van der Waals surface area (Å²) in [6.07, 6.45) is 4.50. The van der Waals surface area contributed by atoms with Gasteiger partial charge in [0, 0.05) is 24.7 Å². The smallest absolute Gasteiger partial charge is 0.240 e. The number of nitrogens with one attached hydrogen (secondary N) is 1. The van der Waals surface area contributed by atoms with Crippen molar-refractivity contribution in [1.29, 1.82) is 0 Å². The van der Waals surface area contributed by atoms with Crippen LogP contribution >= 0.6 is 0 Å². The van der Waals surface area contributed by atoms with E-state index in [0.29, 0.717) is 18.6 Å². The number of carbonyl (C=O) groups is 2. The van der Waals surface area contributed by atoms with Gasteiger partial charge in [-0.15, -0.1) is 0 Å². The van der Waals surface area contributed by atoms with Gasteiger partial charge in [0.1, 0.15) is 0 Å². The number of likely N-dealkylation sites (N-methyl/N-ethyl adjacent to an activating group) is 1. The van der Waals surface area contributed by atoms with Crippen LogP contribution in [0, 0.1) is 0 Å². The van der Waals surface area contributed by atoms with E-state index in [2.05, 4.69) is 34.5 Å². The Morgan fingerprint density at radius 3 is 2.46 bits per heavy atom. The van der Waals surface area contributed by atoms with Crippen molar-refractivity contribution >= 4 is 11.8 Å². The largest absolute Gasteiger partial charge is 0.350 e. The van der Waals surface area contributed by atoms with Crippen LogP contribution in [0.3, 0.4) is 0 Å². The van der Waals surface area contributed by atoms with Crippen molar-refractivity contribution in [1.82, 2.24) is 15.1 Å². The molecule has 1 aromatic rings. The third kappa shape index (κ3) is 4.64. The van der Waals surface area contributed by atoms with Crippen molar-refractivity contribution in [2.24, 2.45) is 0 Å². The normalized spacial score (nSPS) is 19.3. The van der Waals surface area contributed by atoms with E-state index in [1.165, 1.54) is 24.0 Å². The second-order valence-corrected chi connectivity index (χ2v) is 8.70. The molecular formula is C21H31N3O2. The number of nitrogens with zero attached hydrogens (tertiary/aromatic N) is 2. The first-order chi connectivity index (χ1) is 12.2. The summed E-state index contributed by atoms with van der Waals surface area (Å²) < 4.78 is 0. The molecule has 0 aliphatic heterocycles. The van der Waals surface area contributed by atoms with Crippen LogP contribution in [0.25, 0.3) is 0 Å². The first-order valence-electron chi connectivity index (χ1n) is 9.63. The molecule has 0 saturated heterocycles. The van der Waals surface area contributed by atoms with Crippen LogP contribution in [-0.4, -0.2) is 53.3 Å². The molecule has 2 aliphatic carbocycles. The number of hydrogen-bond donors (Lipinski definition) is 1. The predicted octanol–water partition coefficient (Wildman–Crippen LogP) is 2.51. The molecule has 2 aliphatic rings. The van der Waals surface area contributed by atoms with Crippen LogP contribution < -0.4 is 5.32 Å². The molecule has 2 amide bonds. The summed E-state index contributed by atoms with van der Waals surface area (Å²) in [5, 5.41) is 2.92. The van der Waals surface area contributed by atoms with Gasteiger partial charge in [-0.05, 0) is 57.6 Å². The Kier molecular flexibility index (Phi) is 5.37. The maximum absolute atomic E-state index is 12.8. The van der Waals surface area contributed by atoms with Gasteiger partial charge in [-0.3, -0.25) is 14.5 Å². The van der Waals surface area contributed by atoms with Gasteiger partial charge in [-0.2, -0.15) is 0 Å². The van der Waals surface area contributed by atoms with Gasteiger partial charge >= 0.3 is 0 Å². The quantitative estimate of drug-likeness (QED) is 0.851. The van der Waals surface area contributed by atoms with Gasteiger partial charge in [-0.1, -0.05) is 24.3 Å². The molecule has 5 nitrogen and oxygen atoms in total. The van der Waals surface area contributed by atoms with Crippen LogP contribution in [0.2, 0.25) is 0 Å². The molecule has 0 aromatic heterocycles. The highest BCUT2D eigenvalue weighted by molar-refractivity contribution is 5.85. The van der Waals surface area contributed by atoms with E-state index < -0.39 is 0 Å². The lowest BCUT2D eigenvalue weighted by atomic mass is 10.1. The van der Waals surface area contributed by atoms with E-state index >= 15 is 0 Å². The van der Waals surface area contributed by atoms with Crippen molar-refractivity contribution < 1.29 is 9.59 Å². The van der Waals surface area contributed by atoms with E-state index in [4.69, 9.17) is 0 Å². The Morgan fingerprint density at radius 2 is 1.81 bits per heavy atom. The van der Waals surface area contributed by atoms with Gasteiger partial charge in [0.05, 0.1) is 13.1 Å². The van der Waals surface area contributed by atoms with Crippen LogP contribution in [0.4, 0.5) is 0 Å². The lowest BCUT2D eigenvalue weighted by Gasteiger charge is -2.31. The monoisotopic (exact) mass is 357 g/mol. The van der Waals surface area contributed by atoms with E-state index in [1.807, 2.05) is 20.8 Å². The Labute approximate surface area is 156 Å². The number of benzene rings is 1. The molecule has 1 fully saturated rings. The molecular weight excluding hydrogens is 326 g/mol. The zero-order valence-electron chi connectivity index (χ0n) is 16.4. The fraction of sp³-hybridized carbons (Fsp3) is 0.619. The molecule has 0 heterocycles. The number of fused-ring (bicyclic) bond motifs is 1. The first-order valence-corrected chi connectivity index (χ1v) is 9.63. The topological polar surface area (TPSA) is 52.7 Å². The van der Waals surface area contributed by atoms with Crippen LogP contribution in [0.1, 0.15) is 57.2 Å². The summed E-state index contributed by atoms with van der Waals surface area (Å²) in [5.74, 6) is -0.0946. The first kappa shape index (κ1) is 18.9. The highest BCUT2D eigenvalue weighted by Crippen LogP contribution is 2.41. The van der Waals surface area contributed by atoms with Gasteiger partial charge in [0.15, 0.2) is 0 Å². The maximum Gasteiger partial charge on any atom is 0.240 e. The molecule has 1 aromatic carbocycles. The fourth-order valence-electron chi connectivity index (χ4n) is 3.82. The van der Waals surface area contributed by atoms with Crippen molar-refractivity contribution in [3.8, 4) is 0 Å². The Hall–Kier alpha value is -1.88. The van der Waals surface area contributed by atoms with Gasteiger partial charge in [-0.25, -0.2) is 0 Å². The Morgan fingerprint density at radius 1 is 1.12 bits per heavy atom. The number of amides is 2. The summed E-state index contributed by atoms with van der Waals surface area (Å²) in [6, 6.07) is 9.42. The summed E-state index contributed by atoms with van der Waals surface area (Å²) in [4.78, 5) is 28.8. The SMILES string of the molecule is CN(CC(=O)NC(C)(C)C)C(=O)CN(C1CC1)[C@H]1CCc2ccccc21. The van der Waals surface area contributed by atoms with Crippen LogP contribution in [-0.2, 0) is 16.0 Å². The van der Waals surface area contributed by atoms with E-state index in [9.17, 15) is 9.59 Å². The highest BCUT2D eigenvalue weighted by atomic mass is 16.2. The molecule has 5 heteroatoms. The summed E-state index contributed by atoms with van der Waals surface area (Å²) in [7, 11) is 1.72. The third-order valence-electron chi connectivity index (χ3n) is 5.16. The molecule has 142 valence electrons. The standard InChI is InChI=1S/C21H31N3O2/c1-21(2,3)22-19(25)13-23(4)20(26)14-24(16-10-11-16)18-12-9-15-7-5-6-8-17(15)18/h5-8,16,18H,9-14H2,1-4H3,(H,22,25)/t18-/m0/s1. The zero-order valence-corrected chi connectivity index (χ0v) is 16.4. The number of carbonyl (C=O) groups excluding carboxylic acids is 2. The van der Waals surface area contributed by atoms with Crippen molar-refractivity contribution in [3.05, 3.63) is 35.4 Å². The summed E-state index contributed by atoms with van der Waals surface area (Å²) in [6.45, 7) is 6.33. The zero-order chi connectivity index (χ0) is 18.9. The fourth-order valence-corrected chi connectivity index (χ4v) is 3.82. The van der Waals surface area contributed by atoms with Gasteiger partial charge in [0.25, 0.3) is 0 Å². The molecule has 1 atom stereocenters. The minimum absolute atomic E-state index is 0.0188. The minimum atomic E-state index is -0.283. The molecule has 0 bridgehead atoms. The number of rotatable bonds is 6.